The van der Waals surface area contributed by atoms with E-state index in [1.807, 2.05) is 0 Å². The molecule has 1 aliphatic carbocycles. The quantitative estimate of drug-likeness (QED) is 0.226. The SMILES string of the molecule is Cc1c2ccccc2c(-c2ccc3ccccc3c2)c2cc3c(cc12)C(C)(C)c1ccccc1-3. The van der Waals surface area contributed by atoms with E-state index in [0.717, 1.165) is 0 Å². The van der Waals surface area contributed by atoms with Crippen molar-refractivity contribution >= 4 is 32.3 Å². The van der Waals surface area contributed by atoms with E-state index in [1.54, 1.807) is 0 Å². The van der Waals surface area contributed by atoms with Crippen molar-refractivity contribution in [3.8, 4) is 22.3 Å². The summed E-state index contributed by atoms with van der Waals surface area (Å²) in [5.74, 6) is 0. The zero-order valence-electron chi connectivity index (χ0n) is 19.8. The maximum absolute atomic E-state index is 2.48. The van der Waals surface area contributed by atoms with Crippen LogP contribution in [-0.4, -0.2) is 0 Å². The minimum absolute atomic E-state index is 0.00130. The third-order valence-corrected chi connectivity index (χ3v) is 8.03. The van der Waals surface area contributed by atoms with Crippen LogP contribution in [0, 0.1) is 6.92 Å². The highest BCUT2D eigenvalue weighted by molar-refractivity contribution is 6.17. The molecule has 1 aliphatic rings. The molecule has 0 aliphatic heterocycles. The fourth-order valence-corrected chi connectivity index (χ4v) is 6.24. The van der Waals surface area contributed by atoms with Crippen LogP contribution in [0.15, 0.2) is 103 Å². The number of benzene rings is 6. The number of aryl methyl sites for hydroxylation is 1. The van der Waals surface area contributed by atoms with Gasteiger partial charge >= 0.3 is 0 Å². The monoisotopic (exact) mass is 434 g/mol. The predicted molar refractivity (Wildman–Crippen MR) is 147 cm³/mol. The topological polar surface area (TPSA) is 0 Å². The van der Waals surface area contributed by atoms with E-state index < -0.39 is 0 Å². The largest absolute Gasteiger partial charge is 0.0619 e. The number of fused-ring (bicyclic) bond motifs is 6. The average Bonchev–Trinajstić information content (AvgIpc) is 3.10. The summed E-state index contributed by atoms with van der Waals surface area (Å²) in [4.78, 5) is 0. The Balaban J connectivity index is 1.66. The molecule has 6 aromatic carbocycles. The highest BCUT2D eigenvalue weighted by Gasteiger charge is 2.35. The second-order valence-electron chi connectivity index (χ2n) is 10.2. The van der Waals surface area contributed by atoms with Gasteiger partial charge in [-0.1, -0.05) is 98.8 Å². The molecule has 0 unspecified atom stereocenters. The van der Waals surface area contributed by atoms with Crippen LogP contribution < -0.4 is 0 Å². The van der Waals surface area contributed by atoms with Gasteiger partial charge in [-0.2, -0.15) is 0 Å². The second-order valence-corrected chi connectivity index (χ2v) is 10.2. The molecule has 0 saturated carbocycles. The Hall–Kier alpha value is -3.90. The van der Waals surface area contributed by atoms with Crippen LogP contribution in [0.1, 0.15) is 30.5 Å². The summed E-state index contributed by atoms with van der Waals surface area (Å²) >= 11 is 0. The molecule has 0 fully saturated rings. The van der Waals surface area contributed by atoms with Crippen molar-refractivity contribution in [2.75, 3.05) is 0 Å². The zero-order valence-corrected chi connectivity index (χ0v) is 19.8. The lowest BCUT2D eigenvalue weighted by molar-refractivity contribution is 0.661. The first-order chi connectivity index (χ1) is 16.5. The van der Waals surface area contributed by atoms with Crippen molar-refractivity contribution in [2.45, 2.75) is 26.2 Å². The molecule has 6 aromatic rings. The molecule has 7 rings (SSSR count). The molecule has 0 N–H and O–H groups in total. The molecule has 0 bridgehead atoms. The minimum atomic E-state index is 0.00130. The van der Waals surface area contributed by atoms with Crippen LogP contribution >= 0.6 is 0 Å². The molecule has 0 saturated heterocycles. The highest BCUT2D eigenvalue weighted by atomic mass is 14.4. The van der Waals surface area contributed by atoms with E-state index in [1.165, 1.54) is 71.3 Å². The molecule has 0 heterocycles. The lowest BCUT2D eigenvalue weighted by Gasteiger charge is -2.23. The van der Waals surface area contributed by atoms with Crippen LogP contribution in [0.25, 0.3) is 54.6 Å². The average molecular weight is 435 g/mol. The van der Waals surface area contributed by atoms with Gasteiger partial charge in [0.2, 0.25) is 0 Å². The van der Waals surface area contributed by atoms with Crippen LogP contribution in [0.4, 0.5) is 0 Å². The summed E-state index contributed by atoms with van der Waals surface area (Å²) < 4.78 is 0. The lowest BCUT2D eigenvalue weighted by Crippen LogP contribution is -2.14. The predicted octanol–water partition coefficient (Wildman–Crippen LogP) is 9.43. The highest BCUT2D eigenvalue weighted by Crippen LogP contribution is 2.51. The standard InChI is InChI=1S/C34H26/c1-21-25-12-6-7-14-27(25)33(24-17-16-22-10-4-5-11-23(22)18-24)30-19-29-26-13-8-9-15-31(26)34(2,3)32(29)20-28(21)30/h4-20H,1-3H3. The van der Waals surface area contributed by atoms with Gasteiger partial charge in [-0.25, -0.2) is 0 Å². The number of rotatable bonds is 1. The Labute approximate surface area is 200 Å². The van der Waals surface area contributed by atoms with Gasteiger partial charge in [-0.05, 0) is 96.4 Å². The first-order valence-corrected chi connectivity index (χ1v) is 12.1. The normalized spacial score (nSPS) is 14.0. The summed E-state index contributed by atoms with van der Waals surface area (Å²) in [5, 5.41) is 7.94. The summed E-state index contributed by atoms with van der Waals surface area (Å²) in [6.07, 6.45) is 0. The van der Waals surface area contributed by atoms with Crippen molar-refractivity contribution in [3.63, 3.8) is 0 Å². The van der Waals surface area contributed by atoms with Gasteiger partial charge in [0.15, 0.2) is 0 Å². The third-order valence-electron chi connectivity index (χ3n) is 8.03. The smallest absolute Gasteiger partial charge is 0.0159 e. The molecule has 162 valence electrons. The Morgan fingerprint density at radius 3 is 2.06 bits per heavy atom. The van der Waals surface area contributed by atoms with Gasteiger partial charge in [0.05, 0.1) is 0 Å². The van der Waals surface area contributed by atoms with Crippen LogP contribution in [-0.2, 0) is 5.41 Å². The van der Waals surface area contributed by atoms with E-state index in [4.69, 9.17) is 0 Å². The Bertz CT molecular complexity index is 1780. The van der Waals surface area contributed by atoms with Gasteiger partial charge in [-0.3, -0.25) is 0 Å². The Morgan fingerprint density at radius 2 is 1.21 bits per heavy atom. The maximum atomic E-state index is 2.48. The van der Waals surface area contributed by atoms with E-state index in [-0.39, 0.29) is 5.41 Å². The first-order valence-electron chi connectivity index (χ1n) is 12.1. The van der Waals surface area contributed by atoms with Crippen molar-refractivity contribution < 1.29 is 0 Å². The number of hydrogen-bond acceptors (Lipinski definition) is 0. The fourth-order valence-electron chi connectivity index (χ4n) is 6.24. The fraction of sp³-hybridized carbons (Fsp3) is 0.118. The summed E-state index contributed by atoms with van der Waals surface area (Å²) in [6, 6.07) is 38.4. The van der Waals surface area contributed by atoms with E-state index in [2.05, 4.69) is 124 Å². The first kappa shape index (κ1) is 19.6. The molecule has 0 spiro atoms. The molecule has 0 aromatic heterocycles. The Morgan fingerprint density at radius 1 is 0.500 bits per heavy atom. The lowest BCUT2D eigenvalue weighted by atomic mass is 9.80. The van der Waals surface area contributed by atoms with Gasteiger partial charge in [0, 0.05) is 5.41 Å². The van der Waals surface area contributed by atoms with E-state index in [0.29, 0.717) is 0 Å². The van der Waals surface area contributed by atoms with Gasteiger partial charge < -0.3 is 0 Å². The molecule has 0 atom stereocenters. The minimum Gasteiger partial charge on any atom is -0.0619 e. The van der Waals surface area contributed by atoms with Crippen molar-refractivity contribution in [2.24, 2.45) is 0 Å². The molecule has 0 amide bonds. The van der Waals surface area contributed by atoms with E-state index in [9.17, 15) is 0 Å². The van der Waals surface area contributed by atoms with Crippen LogP contribution in [0.2, 0.25) is 0 Å². The molecular weight excluding hydrogens is 408 g/mol. The summed E-state index contributed by atoms with van der Waals surface area (Å²) in [6.45, 7) is 7.02. The molecular formula is C34H26. The van der Waals surface area contributed by atoms with Gasteiger partial charge in [-0.15, -0.1) is 0 Å². The van der Waals surface area contributed by atoms with Crippen molar-refractivity contribution in [1.82, 2.24) is 0 Å². The molecule has 0 heteroatoms. The van der Waals surface area contributed by atoms with Crippen LogP contribution in [0.5, 0.6) is 0 Å². The summed E-state index contributed by atoms with van der Waals surface area (Å²) in [5.41, 5.74) is 9.60. The van der Waals surface area contributed by atoms with Gasteiger partial charge in [0.25, 0.3) is 0 Å². The maximum Gasteiger partial charge on any atom is 0.0159 e. The van der Waals surface area contributed by atoms with Crippen LogP contribution in [0.3, 0.4) is 0 Å². The number of hydrogen-bond donors (Lipinski definition) is 0. The molecule has 0 nitrogen and oxygen atoms in total. The van der Waals surface area contributed by atoms with E-state index >= 15 is 0 Å². The second kappa shape index (κ2) is 6.81. The molecule has 34 heavy (non-hydrogen) atoms. The van der Waals surface area contributed by atoms with Gasteiger partial charge in [0.1, 0.15) is 0 Å². The summed E-state index contributed by atoms with van der Waals surface area (Å²) in [7, 11) is 0. The molecule has 0 radical (unpaired) electrons. The van der Waals surface area contributed by atoms with Crippen molar-refractivity contribution in [1.29, 1.82) is 0 Å². The zero-order chi connectivity index (χ0) is 23.0. The Kier molecular flexibility index (Phi) is 3.92. The van der Waals surface area contributed by atoms with Crippen molar-refractivity contribution in [3.05, 3.63) is 120 Å². The third kappa shape index (κ3) is 2.54.